The third-order valence-electron chi connectivity index (χ3n) is 8.70. The lowest BCUT2D eigenvalue weighted by Crippen LogP contribution is -2.54. The summed E-state index contributed by atoms with van der Waals surface area (Å²) in [5, 5.41) is 0. The van der Waals surface area contributed by atoms with Crippen LogP contribution in [-0.4, -0.2) is 17.9 Å². The van der Waals surface area contributed by atoms with E-state index in [-0.39, 0.29) is 17.5 Å². The second-order valence-corrected chi connectivity index (χ2v) is 9.62. The Morgan fingerprint density at radius 1 is 1.00 bits per heavy atom. The van der Waals surface area contributed by atoms with Crippen molar-refractivity contribution in [2.75, 3.05) is 0 Å². The molecule has 0 amide bonds. The summed E-state index contributed by atoms with van der Waals surface area (Å²) in [6.45, 7) is 6.42. The Balaban J connectivity index is 1.58. The number of hydrogen-bond acceptors (Lipinski definition) is 3. The maximum Gasteiger partial charge on any atom is 0.302 e. The Kier molecular flexibility index (Phi) is 3.85. The third-order valence-corrected chi connectivity index (χ3v) is 8.70. The lowest BCUT2D eigenvalue weighted by Gasteiger charge is -2.60. The van der Waals surface area contributed by atoms with Crippen molar-refractivity contribution in [2.45, 2.75) is 84.7 Å². The maximum absolute atomic E-state index is 12.0. The van der Waals surface area contributed by atoms with Crippen LogP contribution in [0.15, 0.2) is 0 Å². The molecule has 4 fully saturated rings. The highest BCUT2D eigenvalue weighted by Gasteiger charge is 2.60. The summed E-state index contributed by atoms with van der Waals surface area (Å²) in [5.41, 5.74) is 0.554. The Morgan fingerprint density at radius 3 is 2.50 bits per heavy atom. The van der Waals surface area contributed by atoms with E-state index in [1.54, 1.807) is 6.92 Å². The van der Waals surface area contributed by atoms with E-state index in [1.807, 2.05) is 0 Å². The molecule has 0 aromatic heterocycles. The monoisotopic (exact) mass is 332 g/mol. The molecule has 0 spiro atoms. The highest BCUT2D eigenvalue weighted by molar-refractivity contribution is 5.79. The largest absolute Gasteiger partial charge is 0.462 e. The highest BCUT2D eigenvalue weighted by Crippen LogP contribution is 2.66. The molecule has 0 aliphatic heterocycles. The topological polar surface area (TPSA) is 43.4 Å². The molecule has 0 radical (unpaired) electrons. The predicted molar refractivity (Wildman–Crippen MR) is 92.3 cm³/mol. The van der Waals surface area contributed by atoms with E-state index in [2.05, 4.69) is 13.8 Å². The van der Waals surface area contributed by atoms with Gasteiger partial charge in [-0.05, 0) is 74.0 Å². The molecule has 134 valence electrons. The molecule has 3 unspecified atom stereocenters. The van der Waals surface area contributed by atoms with Crippen molar-refractivity contribution in [3.8, 4) is 0 Å². The van der Waals surface area contributed by atoms with Gasteiger partial charge in [0.2, 0.25) is 0 Å². The molecular formula is C21H32O3. The van der Waals surface area contributed by atoms with E-state index in [0.29, 0.717) is 23.0 Å². The minimum atomic E-state index is -0.120. The van der Waals surface area contributed by atoms with Crippen molar-refractivity contribution in [3.63, 3.8) is 0 Å². The summed E-state index contributed by atoms with van der Waals surface area (Å²) >= 11 is 0. The average Bonchev–Trinajstić information content (AvgIpc) is 2.84. The fourth-order valence-corrected chi connectivity index (χ4v) is 7.39. The van der Waals surface area contributed by atoms with E-state index in [0.717, 1.165) is 37.5 Å². The van der Waals surface area contributed by atoms with Crippen molar-refractivity contribution in [1.82, 2.24) is 0 Å². The van der Waals surface area contributed by atoms with Gasteiger partial charge in [-0.15, -0.1) is 0 Å². The van der Waals surface area contributed by atoms with Gasteiger partial charge in [0, 0.05) is 25.2 Å². The molecule has 24 heavy (non-hydrogen) atoms. The smallest absolute Gasteiger partial charge is 0.302 e. The number of esters is 1. The van der Waals surface area contributed by atoms with Gasteiger partial charge in [-0.25, -0.2) is 0 Å². The van der Waals surface area contributed by atoms with Crippen molar-refractivity contribution < 1.29 is 14.3 Å². The molecule has 4 aliphatic rings. The van der Waals surface area contributed by atoms with Crippen LogP contribution in [0.4, 0.5) is 0 Å². The van der Waals surface area contributed by atoms with Gasteiger partial charge < -0.3 is 4.74 Å². The van der Waals surface area contributed by atoms with Crippen molar-refractivity contribution >= 4 is 11.8 Å². The molecular weight excluding hydrogens is 300 g/mol. The molecule has 0 bridgehead atoms. The fourth-order valence-electron chi connectivity index (χ4n) is 7.39. The third kappa shape index (κ3) is 2.29. The summed E-state index contributed by atoms with van der Waals surface area (Å²) in [6, 6.07) is 0. The van der Waals surface area contributed by atoms with Gasteiger partial charge in [-0.2, -0.15) is 0 Å². The van der Waals surface area contributed by atoms with E-state index in [9.17, 15) is 9.59 Å². The predicted octanol–water partition coefficient (Wildman–Crippen LogP) is 4.53. The van der Waals surface area contributed by atoms with E-state index in [4.69, 9.17) is 4.74 Å². The Bertz CT molecular complexity index is 555. The molecule has 4 aliphatic carbocycles. The molecule has 0 saturated heterocycles. The zero-order valence-corrected chi connectivity index (χ0v) is 15.5. The number of fused-ring (bicyclic) bond motifs is 5. The first-order valence-corrected chi connectivity index (χ1v) is 10.0. The number of carbonyl (C=O) groups excluding carboxylic acids is 2. The molecule has 0 heterocycles. The van der Waals surface area contributed by atoms with Gasteiger partial charge in [0.1, 0.15) is 11.9 Å². The summed E-state index contributed by atoms with van der Waals surface area (Å²) in [5.74, 6) is 3.25. The number of hydrogen-bond donors (Lipinski definition) is 0. The van der Waals surface area contributed by atoms with Gasteiger partial charge in [0.05, 0.1) is 0 Å². The Labute approximate surface area is 145 Å². The molecule has 4 saturated carbocycles. The number of ether oxygens (including phenoxy) is 1. The number of Topliss-reactive ketones (excluding diaryl/α,β-unsaturated/α-hetero) is 1. The van der Waals surface area contributed by atoms with Crippen LogP contribution in [0.2, 0.25) is 0 Å². The SMILES string of the molecule is CC(=O)O[C@@H]1CCC2C3CC[C@@H]4CC(=O)CC[C@]4(C)C3CC[C@@]21C. The van der Waals surface area contributed by atoms with Crippen molar-refractivity contribution in [2.24, 2.45) is 34.5 Å². The van der Waals surface area contributed by atoms with Crippen LogP contribution in [0.25, 0.3) is 0 Å². The summed E-state index contributed by atoms with van der Waals surface area (Å²) in [7, 11) is 0. The van der Waals surface area contributed by atoms with Gasteiger partial charge in [0.25, 0.3) is 0 Å². The minimum Gasteiger partial charge on any atom is -0.462 e. The molecule has 0 aromatic carbocycles. The first-order chi connectivity index (χ1) is 11.3. The second-order valence-electron chi connectivity index (χ2n) is 9.62. The summed E-state index contributed by atoms with van der Waals surface area (Å²) in [4.78, 5) is 23.5. The van der Waals surface area contributed by atoms with E-state index in [1.165, 1.54) is 32.1 Å². The van der Waals surface area contributed by atoms with E-state index >= 15 is 0 Å². The van der Waals surface area contributed by atoms with Gasteiger partial charge in [-0.3, -0.25) is 9.59 Å². The van der Waals surface area contributed by atoms with Crippen molar-refractivity contribution in [3.05, 3.63) is 0 Å². The second kappa shape index (κ2) is 5.57. The highest BCUT2D eigenvalue weighted by atomic mass is 16.5. The fraction of sp³-hybridized carbons (Fsp3) is 0.905. The average molecular weight is 332 g/mol. The Morgan fingerprint density at radius 2 is 1.75 bits per heavy atom. The molecule has 7 atom stereocenters. The summed E-state index contributed by atoms with van der Waals surface area (Å²) < 4.78 is 5.73. The number of ketones is 1. The van der Waals surface area contributed by atoms with Gasteiger partial charge in [-0.1, -0.05) is 13.8 Å². The van der Waals surface area contributed by atoms with Crippen LogP contribution in [-0.2, 0) is 14.3 Å². The lowest BCUT2D eigenvalue weighted by atomic mass is 9.45. The van der Waals surface area contributed by atoms with Crippen LogP contribution in [0.5, 0.6) is 0 Å². The number of carbonyl (C=O) groups is 2. The molecule has 0 aromatic rings. The zero-order chi connectivity index (χ0) is 17.1. The molecule has 3 heteroatoms. The van der Waals surface area contributed by atoms with Crippen LogP contribution in [0.3, 0.4) is 0 Å². The number of rotatable bonds is 1. The van der Waals surface area contributed by atoms with Crippen LogP contribution >= 0.6 is 0 Å². The van der Waals surface area contributed by atoms with Crippen LogP contribution in [0.1, 0.15) is 78.6 Å². The van der Waals surface area contributed by atoms with Gasteiger partial charge >= 0.3 is 5.97 Å². The lowest BCUT2D eigenvalue weighted by molar-refractivity contribution is -0.162. The van der Waals surface area contributed by atoms with Crippen LogP contribution < -0.4 is 0 Å². The first kappa shape index (κ1) is 16.6. The molecule has 3 nitrogen and oxygen atoms in total. The Hall–Kier alpha value is -0.860. The van der Waals surface area contributed by atoms with E-state index < -0.39 is 0 Å². The first-order valence-electron chi connectivity index (χ1n) is 10.0. The molecule has 0 N–H and O–H groups in total. The van der Waals surface area contributed by atoms with Crippen LogP contribution in [0, 0.1) is 34.5 Å². The normalized spacial score (nSPS) is 50.6. The standard InChI is InChI=1S/C21H32O3/c1-13(22)24-19-7-6-17-16-5-4-14-12-15(23)8-10-20(14,2)18(16)9-11-21(17,19)3/h14,16-19H,4-12H2,1-3H3/t14-,16?,17?,18?,19-,20+,21+/m1/s1. The summed E-state index contributed by atoms with van der Waals surface area (Å²) in [6.07, 6.45) is 10.1. The maximum atomic E-state index is 12.0. The minimum absolute atomic E-state index is 0.120. The van der Waals surface area contributed by atoms with Crippen molar-refractivity contribution in [1.29, 1.82) is 0 Å². The zero-order valence-electron chi connectivity index (χ0n) is 15.5. The quantitative estimate of drug-likeness (QED) is 0.663. The molecule has 4 rings (SSSR count). The van der Waals surface area contributed by atoms with Gasteiger partial charge in [0.15, 0.2) is 0 Å².